The van der Waals surface area contributed by atoms with Gasteiger partial charge >= 0.3 is 6.16 Å². The number of hydrogen-bond acceptors (Lipinski definition) is 9. The third-order valence-corrected chi connectivity index (χ3v) is 8.59. The number of sulfonamides is 1. The van der Waals surface area contributed by atoms with Crippen LogP contribution in [0.2, 0.25) is 0 Å². The van der Waals surface area contributed by atoms with Gasteiger partial charge in [-0.25, -0.2) is 18.2 Å². The Morgan fingerprint density at radius 2 is 2.15 bits per heavy atom. The summed E-state index contributed by atoms with van der Waals surface area (Å²) in [5.41, 5.74) is 1.70. The molecule has 2 aliphatic rings. The van der Waals surface area contributed by atoms with E-state index in [0.717, 1.165) is 11.1 Å². The lowest BCUT2D eigenvalue weighted by molar-refractivity contribution is -0.150. The van der Waals surface area contributed by atoms with E-state index >= 15 is 0 Å². The smallest absolute Gasteiger partial charge is 0.435 e. The van der Waals surface area contributed by atoms with Gasteiger partial charge < -0.3 is 30.0 Å². The van der Waals surface area contributed by atoms with E-state index in [-0.39, 0.29) is 23.8 Å². The van der Waals surface area contributed by atoms with Gasteiger partial charge in [-0.3, -0.25) is 4.79 Å². The molecular weight excluding hydrogens is 524 g/mol. The number of fused-ring (bicyclic) bond motifs is 1. The number of H-pyrrole nitrogens is 1. The van der Waals surface area contributed by atoms with Gasteiger partial charge in [-0.15, -0.1) is 0 Å². The molecule has 0 spiro atoms. The summed E-state index contributed by atoms with van der Waals surface area (Å²) >= 11 is 0. The molecule has 4 rings (SSSR count). The minimum Gasteiger partial charge on any atom is -0.435 e. The Bertz CT molecular complexity index is 1220. The molecule has 2 aliphatic heterocycles. The van der Waals surface area contributed by atoms with E-state index in [4.69, 9.17) is 9.47 Å². The molecule has 39 heavy (non-hydrogen) atoms. The molecule has 13 heteroatoms. The normalized spacial score (nSPS) is 20.1. The number of rotatable bonds is 11. The minimum absolute atomic E-state index is 0.150. The first kappa shape index (κ1) is 28.8. The van der Waals surface area contributed by atoms with Gasteiger partial charge in [0, 0.05) is 38.4 Å². The van der Waals surface area contributed by atoms with Crippen LogP contribution in [0, 0.1) is 5.92 Å². The van der Waals surface area contributed by atoms with Gasteiger partial charge in [0.05, 0.1) is 11.5 Å². The number of carbonyl (C=O) groups excluding carboxylic acids is 2. The predicted molar refractivity (Wildman–Crippen MR) is 144 cm³/mol. The summed E-state index contributed by atoms with van der Waals surface area (Å²) in [6.45, 7) is 5.95. The molecule has 4 N–H and O–H groups in total. The second-order valence-corrected chi connectivity index (χ2v) is 11.6. The monoisotopic (exact) mass is 562 g/mol. The molecular formula is C26H38N6O6S. The highest BCUT2D eigenvalue weighted by molar-refractivity contribution is 7.89. The second-order valence-electron chi connectivity index (χ2n) is 9.92. The van der Waals surface area contributed by atoms with Crippen molar-refractivity contribution in [3.8, 4) is 0 Å². The summed E-state index contributed by atoms with van der Waals surface area (Å²) < 4.78 is 40.5. The highest BCUT2D eigenvalue weighted by Gasteiger charge is 2.38. The fourth-order valence-electron chi connectivity index (χ4n) is 5.03. The topological polar surface area (TPSA) is 155 Å². The Kier molecular flexibility index (Phi) is 9.81. The van der Waals surface area contributed by atoms with Gasteiger partial charge in [0.2, 0.25) is 15.9 Å². The lowest BCUT2D eigenvalue weighted by Gasteiger charge is -2.39. The van der Waals surface area contributed by atoms with Crippen LogP contribution >= 0.6 is 0 Å². The number of imidazole rings is 1. The molecule has 1 saturated heterocycles. The number of nitrogens with one attached hydrogen (secondary N) is 4. The maximum atomic E-state index is 13.9. The van der Waals surface area contributed by atoms with Crippen molar-refractivity contribution in [1.82, 2.24) is 24.9 Å². The molecule has 0 aliphatic carbocycles. The fourth-order valence-corrected chi connectivity index (χ4v) is 6.56. The molecule has 0 unspecified atom stereocenters. The predicted octanol–water partition coefficient (Wildman–Crippen LogP) is 2.35. The SMILES string of the molecule is CCOC(=O)O[C@@H]1C[C@H](C)CCN1C(=O)[C@H](CCCNc1ncc[nH]1)NS(=O)(=O)c1cccc2c1CCNC2. The van der Waals surface area contributed by atoms with Gasteiger partial charge in [0.1, 0.15) is 6.04 Å². The van der Waals surface area contributed by atoms with Crippen molar-refractivity contribution in [2.75, 3.05) is 31.6 Å². The molecule has 1 aromatic carbocycles. The quantitative estimate of drug-likeness (QED) is 0.239. The first-order valence-electron chi connectivity index (χ1n) is 13.5. The minimum atomic E-state index is -4.02. The number of ether oxygens (including phenoxy) is 2. The molecule has 1 fully saturated rings. The summed E-state index contributed by atoms with van der Waals surface area (Å²) in [6.07, 6.45) is 4.11. The number of carbonyl (C=O) groups is 2. The number of benzene rings is 1. The Morgan fingerprint density at radius 3 is 2.92 bits per heavy atom. The highest BCUT2D eigenvalue weighted by atomic mass is 32.2. The maximum absolute atomic E-state index is 13.9. The van der Waals surface area contributed by atoms with Gasteiger partial charge in [-0.1, -0.05) is 19.1 Å². The van der Waals surface area contributed by atoms with Crippen molar-refractivity contribution < 1.29 is 27.5 Å². The number of nitrogens with zero attached hydrogens (tertiary/aromatic N) is 2. The van der Waals surface area contributed by atoms with E-state index < -0.39 is 34.4 Å². The molecule has 0 radical (unpaired) electrons. The van der Waals surface area contributed by atoms with Crippen molar-refractivity contribution in [2.45, 2.75) is 69.7 Å². The van der Waals surface area contributed by atoms with Crippen molar-refractivity contribution in [3.05, 3.63) is 41.7 Å². The van der Waals surface area contributed by atoms with E-state index in [1.54, 1.807) is 31.5 Å². The average Bonchev–Trinajstić information content (AvgIpc) is 3.43. The molecule has 3 heterocycles. The van der Waals surface area contributed by atoms with Crippen LogP contribution in [0.4, 0.5) is 10.7 Å². The van der Waals surface area contributed by atoms with E-state index in [0.29, 0.717) is 57.8 Å². The number of hydrogen-bond donors (Lipinski definition) is 4. The summed E-state index contributed by atoms with van der Waals surface area (Å²) in [5, 5.41) is 6.39. The Morgan fingerprint density at radius 1 is 1.31 bits per heavy atom. The lowest BCUT2D eigenvalue weighted by atomic mass is 9.96. The zero-order valence-electron chi connectivity index (χ0n) is 22.4. The van der Waals surface area contributed by atoms with Crippen LogP contribution < -0.4 is 15.4 Å². The average molecular weight is 563 g/mol. The molecule has 1 amide bonds. The van der Waals surface area contributed by atoms with Crippen molar-refractivity contribution in [2.24, 2.45) is 5.92 Å². The fraction of sp³-hybridized carbons (Fsp3) is 0.577. The molecule has 3 atom stereocenters. The highest BCUT2D eigenvalue weighted by Crippen LogP contribution is 2.27. The van der Waals surface area contributed by atoms with Crippen LogP contribution in [0.1, 0.15) is 50.7 Å². The van der Waals surface area contributed by atoms with Crippen LogP contribution in [0.25, 0.3) is 0 Å². The third kappa shape index (κ3) is 7.49. The first-order valence-corrected chi connectivity index (χ1v) is 15.0. The van der Waals surface area contributed by atoms with Gasteiger partial charge in [-0.2, -0.15) is 4.72 Å². The van der Waals surface area contributed by atoms with Crippen molar-refractivity contribution >= 4 is 28.0 Å². The van der Waals surface area contributed by atoms with Crippen molar-refractivity contribution in [3.63, 3.8) is 0 Å². The Hall–Kier alpha value is -3.16. The Balaban J connectivity index is 1.54. The number of piperidine rings is 1. The zero-order valence-corrected chi connectivity index (χ0v) is 23.3. The van der Waals surface area contributed by atoms with E-state index in [2.05, 4.69) is 25.3 Å². The molecule has 214 valence electrons. The largest absolute Gasteiger partial charge is 0.510 e. The molecule has 0 bridgehead atoms. The number of aromatic nitrogens is 2. The van der Waals surface area contributed by atoms with E-state index in [1.165, 1.54) is 4.90 Å². The lowest BCUT2D eigenvalue weighted by Crippen LogP contribution is -2.55. The third-order valence-electron chi connectivity index (χ3n) is 7.03. The molecule has 12 nitrogen and oxygen atoms in total. The number of anilines is 1. The van der Waals surface area contributed by atoms with E-state index in [1.807, 2.05) is 13.0 Å². The first-order chi connectivity index (χ1) is 18.8. The number of likely N-dealkylation sites (tertiary alicyclic amines) is 1. The number of aromatic amines is 1. The van der Waals surface area contributed by atoms with Crippen LogP contribution in [0.5, 0.6) is 0 Å². The maximum Gasteiger partial charge on any atom is 0.510 e. The van der Waals surface area contributed by atoms with Crippen LogP contribution in [-0.4, -0.2) is 73.9 Å². The van der Waals surface area contributed by atoms with E-state index in [9.17, 15) is 18.0 Å². The Labute approximate surface area is 229 Å². The van der Waals surface area contributed by atoms with Gasteiger partial charge in [0.25, 0.3) is 0 Å². The molecule has 1 aromatic heterocycles. The standard InChI is InChI=1S/C26H38N6O6S/c1-3-37-26(34)38-23-16-18(2)10-15-32(23)24(33)21(7-5-11-28-25-29-13-14-30-25)31-39(35,36)22-8-4-6-19-17-27-12-9-20(19)22/h4,6,8,13-14,18,21,23,27,31H,3,5,7,9-12,15-17H2,1-2H3,(H2,28,29,30)/t18-,21+,23-/m1/s1. The summed E-state index contributed by atoms with van der Waals surface area (Å²) in [5.74, 6) is 0.394. The van der Waals surface area contributed by atoms with Crippen LogP contribution in [-0.2, 0) is 37.3 Å². The zero-order chi connectivity index (χ0) is 27.8. The van der Waals surface area contributed by atoms with Gasteiger partial charge in [0.15, 0.2) is 12.2 Å². The van der Waals surface area contributed by atoms with Crippen LogP contribution in [0.3, 0.4) is 0 Å². The summed E-state index contributed by atoms with van der Waals surface area (Å²) in [4.78, 5) is 34.7. The molecule has 0 saturated carbocycles. The summed E-state index contributed by atoms with van der Waals surface area (Å²) in [7, 11) is -4.02. The molecule has 2 aromatic rings. The second kappa shape index (κ2) is 13.3. The van der Waals surface area contributed by atoms with Gasteiger partial charge in [-0.05, 0) is 62.3 Å². The van der Waals surface area contributed by atoms with Crippen LogP contribution in [0.15, 0.2) is 35.5 Å². The van der Waals surface area contributed by atoms with Crippen molar-refractivity contribution in [1.29, 1.82) is 0 Å². The number of amides is 1. The summed E-state index contributed by atoms with van der Waals surface area (Å²) in [6, 6.07) is 4.17.